The number of hydrogen-bond donors (Lipinski definition) is 1. The summed E-state index contributed by atoms with van der Waals surface area (Å²) in [5, 5.41) is 11.0. The molecule has 1 aliphatic heterocycles. The molecule has 1 aliphatic carbocycles. The Labute approximate surface area is 99.5 Å². The lowest BCUT2D eigenvalue weighted by molar-refractivity contribution is 0.0162. The number of aromatic nitrogens is 1. The first-order valence-electron chi connectivity index (χ1n) is 6.01. The van der Waals surface area contributed by atoms with E-state index in [0.717, 1.165) is 49.4 Å². The maximum Gasteiger partial charge on any atom is 0.125 e. The van der Waals surface area contributed by atoms with Crippen LogP contribution < -0.4 is 0 Å². The largest absolute Gasteiger partial charge is 0.387 e. The van der Waals surface area contributed by atoms with E-state index in [0.29, 0.717) is 0 Å². The Morgan fingerprint density at radius 3 is 3.06 bits per heavy atom. The van der Waals surface area contributed by atoms with Gasteiger partial charge in [-0.3, -0.25) is 0 Å². The van der Waals surface area contributed by atoms with E-state index in [9.17, 15) is 5.11 Å². The van der Waals surface area contributed by atoms with Crippen LogP contribution in [0.15, 0.2) is 0 Å². The molecule has 2 heterocycles. The number of hydrogen-bond acceptors (Lipinski definition) is 4. The second-order valence-electron chi connectivity index (χ2n) is 4.92. The highest BCUT2D eigenvalue weighted by molar-refractivity contribution is 7.11. The second-order valence-corrected chi connectivity index (χ2v) is 6.00. The van der Waals surface area contributed by atoms with E-state index in [1.54, 1.807) is 11.3 Å². The van der Waals surface area contributed by atoms with Crippen molar-refractivity contribution in [3.05, 3.63) is 15.6 Å². The molecule has 0 saturated carbocycles. The molecule has 0 amide bonds. The molecule has 4 heteroatoms. The molecule has 0 spiro atoms. The van der Waals surface area contributed by atoms with Gasteiger partial charge in [0.05, 0.1) is 11.8 Å². The molecule has 1 saturated heterocycles. The van der Waals surface area contributed by atoms with E-state index in [4.69, 9.17) is 4.74 Å². The Balaban J connectivity index is 1.97. The van der Waals surface area contributed by atoms with Gasteiger partial charge in [0.25, 0.3) is 0 Å². The first kappa shape index (κ1) is 10.7. The summed E-state index contributed by atoms with van der Waals surface area (Å²) in [6, 6.07) is 0. The van der Waals surface area contributed by atoms with E-state index in [1.165, 1.54) is 4.88 Å². The van der Waals surface area contributed by atoms with Gasteiger partial charge >= 0.3 is 0 Å². The van der Waals surface area contributed by atoms with Gasteiger partial charge in [-0.15, -0.1) is 11.3 Å². The van der Waals surface area contributed by atoms with Crippen LogP contribution in [0.3, 0.4) is 0 Å². The van der Waals surface area contributed by atoms with Gasteiger partial charge in [0.2, 0.25) is 0 Å². The van der Waals surface area contributed by atoms with Crippen molar-refractivity contribution in [2.24, 2.45) is 0 Å². The molecule has 16 heavy (non-hydrogen) atoms. The third kappa shape index (κ3) is 1.60. The minimum Gasteiger partial charge on any atom is -0.387 e. The smallest absolute Gasteiger partial charge is 0.125 e. The van der Waals surface area contributed by atoms with Crippen molar-refractivity contribution in [2.75, 3.05) is 6.61 Å². The van der Waals surface area contributed by atoms with E-state index in [1.807, 2.05) is 0 Å². The average molecular weight is 239 g/mol. The van der Waals surface area contributed by atoms with Crippen molar-refractivity contribution in [1.82, 2.24) is 4.98 Å². The van der Waals surface area contributed by atoms with Gasteiger partial charge in [0.1, 0.15) is 10.6 Å². The summed E-state index contributed by atoms with van der Waals surface area (Å²) >= 11 is 1.74. The zero-order chi connectivity index (χ0) is 11.2. The van der Waals surface area contributed by atoms with Crippen LogP contribution in [-0.2, 0) is 16.8 Å². The molecule has 2 unspecified atom stereocenters. The van der Waals surface area contributed by atoms with E-state index in [2.05, 4.69) is 11.9 Å². The highest BCUT2D eigenvalue weighted by atomic mass is 32.1. The Bertz CT molecular complexity index is 396. The average Bonchev–Trinajstić information content (AvgIpc) is 2.85. The van der Waals surface area contributed by atoms with Crippen LogP contribution in [0.1, 0.15) is 54.3 Å². The SMILES string of the molecule is CC1(c2nc3c(s2)CCCC3O)CCCO1. The zero-order valence-corrected chi connectivity index (χ0v) is 10.3. The van der Waals surface area contributed by atoms with E-state index >= 15 is 0 Å². The van der Waals surface area contributed by atoms with Gasteiger partial charge in [-0.05, 0) is 39.0 Å². The van der Waals surface area contributed by atoms with Gasteiger partial charge in [0, 0.05) is 11.5 Å². The van der Waals surface area contributed by atoms with Gasteiger partial charge in [0.15, 0.2) is 0 Å². The first-order valence-corrected chi connectivity index (χ1v) is 6.83. The number of nitrogens with zero attached hydrogens (tertiary/aromatic N) is 1. The molecule has 0 bridgehead atoms. The van der Waals surface area contributed by atoms with Crippen LogP contribution in [-0.4, -0.2) is 16.7 Å². The minimum atomic E-state index is -0.348. The molecule has 1 fully saturated rings. The highest BCUT2D eigenvalue weighted by Crippen LogP contribution is 2.42. The third-order valence-corrected chi connectivity index (χ3v) is 4.97. The summed E-state index contributed by atoms with van der Waals surface area (Å²) < 4.78 is 5.81. The normalized spacial score (nSPS) is 34.0. The van der Waals surface area contributed by atoms with Crippen LogP contribution in [0.5, 0.6) is 0 Å². The van der Waals surface area contributed by atoms with Crippen molar-refractivity contribution in [3.8, 4) is 0 Å². The number of aryl methyl sites for hydroxylation is 1. The first-order chi connectivity index (χ1) is 7.69. The maximum atomic E-state index is 9.90. The lowest BCUT2D eigenvalue weighted by Crippen LogP contribution is -2.19. The summed E-state index contributed by atoms with van der Waals surface area (Å²) in [6.45, 7) is 2.96. The van der Waals surface area contributed by atoms with Crippen LogP contribution >= 0.6 is 11.3 Å². The van der Waals surface area contributed by atoms with Gasteiger partial charge in [-0.2, -0.15) is 0 Å². The lowest BCUT2D eigenvalue weighted by Gasteiger charge is -2.19. The van der Waals surface area contributed by atoms with Crippen LogP contribution in [0.2, 0.25) is 0 Å². The summed E-state index contributed by atoms with van der Waals surface area (Å²) in [7, 11) is 0. The molecule has 88 valence electrons. The number of rotatable bonds is 1. The minimum absolute atomic E-state index is 0.193. The van der Waals surface area contributed by atoms with Crippen LogP contribution in [0.4, 0.5) is 0 Å². The Kier molecular flexibility index (Phi) is 2.53. The summed E-state index contributed by atoms with van der Waals surface area (Å²) in [5.41, 5.74) is 0.727. The Hall–Kier alpha value is -0.450. The van der Waals surface area contributed by atoms with Gasteiger partial charge in [-0.1, -0.05) is 0 Å². The highest BCUT2D eigenvalue weighted by Gasteiger charge is 2.37. The Morgan fingerprint density at radius 2 is 2.38 bits per heavy atom. The molecule has 1 aromatic heterocycles. The van der Waals surface area contributed by atoms with Crippen molar-refractivity contribution in [2.45, 2.75) is 50.7 Å². The fourth-order valence-corrected chi connectivity index (χ4v) is 3.86. The lowest BCUT2D eigenvalue weighted by atomic mass is 10.00. The molecule has 3 nitrogen and oxygen atoms in total. The zero-order valence-electron chi connectivity index (χ0n) is 9.53. The quantitative estimate of drug-likeness (QED) is 0.819. The van der Waals surface area contributed by atoms with Crippen LogP contribution in [0, 0.1) is 0 Å². The van der Waals surface area contributed by atoms with Crippen molar-refractivity contribution in [1.29, 1.82) is 0 Å². The molecule has 3 rings (SSSR count). The van der Waals surface area contributed by atoms with Gasteiger partial charge in [-0.25, -0.2) is 4.98 Å². The predicted molar refractivity (Wildman–Crippen MR) is 62.5 cm³/mol. The van der Waals surface area contributed by atoms with E-state index in [-0.39, 0.29) is 11.7 Å². The fourth-order valence-electron chi connectivity index (χ4n) is 2.57. The summed E-state index contributed by atoms with van der Waals surface area (Å²) in [4.78, 5) is 5.90. The molecular formula is C12H17NO2S. The number of thiazole rings is 1. The second kappa shape index (κ2) is 3.79. The summed E-state index contributed by atoms with van der Waals surface area (Å²) in [5.74, 6) is 0. The topological polar surface area (TPSA) is 42.4 Å². The number of aliphatic hydroxyl groups is 1. The monoisotopic (exact) mass is 239 g/mol. The number of aliphatic hydroxyl groups excluding tert-OH is 1. The molecule has 0 radical (unpaired) electrons. The standard InChI is InChI=1S/C12H17NO2S/c1-12(6-3-7-15-12)11-13-10-8(14)4-2-5-9(10)16-11/h8,14H,2-7H2,1H3. The maximum absolute atomic E-state index is 9.90. The Morgan fingerprint density at radius 1 is 1.50 bits per heavy atom. The van der Waals surface area contributed by atoms with Gasteiger partial charge < -0.3 is 9.84 Å². The molecule has 2 atom stereocenters. The molecule has 1 aromatic rings. The third-order valence-electron chi connectivity index (χ3n) is 3.60. The molecule has 2 aliphatic rings. The predicted octanol–water partition coefficient (Wildman–Crippen LogP) is 2.54. The fraction of sp³-hybridized carbons (Fsp3) is 0.750. The van der Waals surface area contributed by atoms with Crippen molar-refractivity contribution < 1.29 is 9.84 Å². The molecule has 0 aromatic carbocycles. The molecule has 1 N–H and O–H groups in total. The van der Waals surface area contributed by atoms with Crippen molar-refractivity contribution >= 4 is 11.3 Å². The number of fused-ring (bicyclic) bond motifs is 1. The van der Waals surface area contributed by atoms with Crippen LogP contribution in [0.25, 0.3) is 0 Å². The summed E-state index contributed by atoms with van der Waals surface area (Å²) in [6.07, 6.45) is 4.82. The number of ether oxygens (including phenoxy) is 1. The van der Waals surface area contributed by atoms with Crippen molar-refractivity contribution in [3.63, 3.8) is 0 Å². The van der Waals surface area contributed by atoms with E-state index < -0.39 is 0 Å². The molecular weight excluding hydrogens is 222 g/mol.